The second-order valence-electron chi connectivity index (χ2n) is 6.68. The Morgan fingerprint density at radius 3 is 1.52 bits per heavy atom. The van der Waals surface area contributed by atoms with Crippen molar-refractivity contribution in [2.45, 2.75) is 19.3 Å². The van der Waals surface area contributed by atoms with Crippen molar-refractivity contribution in [3.8, 4) is 22.3 Å². The lowest BCUT2D eigenvalue weighted by Gasteiger charge is -2.29. The number of halogens is 1. The maximum absolute atomic E-state index is 15.1. The Morgan fingerprint density at radius 2 is 1.04 bits per heavy atom. The average molecular weight is 370 g/mol. The molecule has 0 fully saturated rings. The fraction of sp³-hybridized carbons (Fsp3) is 0.120. The van der Waals surface area contributed by atoms with Gasteiger partial charge in [0.05, 0.1) is 5.41 Å². The van der Waals surface area contributed by atoms with E-state index in [1.165, 1.54) is 39.2 Å². The first-order valence-corrected chi connectivity index (χ1v) is 10.3. The van der Waals surface area contributed by atoms with Crippen LogP contribution in [0.4, 0.5) is 4.39 Å². The zero-order valence-corrected chi connectivity index (χ0v) is 16.1. The van der Waals surface area contributed by atoms with Crippen LogP contribution in [0.2, 0.25) is 0 Å². The molecule has 27 heavy (non-hydrogen) atoms. The Morgan fingerprint density at radius 1 is 0.630 bits per heavy atom. The highest BCUT2D eigenvalue weighted by atomic mass is 32.1. The maximum atomic E-state index is 15.1. The van der Waals surface area contributed by atoms with Crippen molar-refractivity contribution in [1.82, 2.24) is 0 Å². The van der Waals surface area contributed by atoms with E-state index in [4.69, 9.17) is 0 Å². The summed E-state index contributed by atoms with van der Waals surface area (Å²) in [5.74, 6) is 0. The second kappa shape index (κ2) is 5.90. The molecule has 2 aliphatic carbocycles. The monoisotopic (exact) mass is 370 g/mol. The van der Waals surface area contributed by atoms with Crippen LogP contribution in [0.25, 0.3) is 22.3 Å². The molecule has 4 aromatic rings. The number of rotatable bonds is 0. The van der Waals surface area contributed by atoms with E-state index >= 15 is 4.39 Å². The molecule has 3 aromatic carbocycles. The van der Waals surface area contributed by atoms with Crippen LogP contribution >= 0.6 is 11.3 Å². The van der Waals surface area contributed by atoms with Gasteiger partial charge >= 0.3 is 0 Å². The zero-order valence-electron chi connectivity index (χ0n) is 15.3. The van der Waals surface area contributed by atoms with E-state index in [1.54, 1.807) is 0 Å². The standard InChI is InChI=1S/C23H13FS.C2H6/c24-22-21-17(13-25-22)16-9-3-6-12-20(16)23(21)18-10-4-1-7-14(18)15-8-2-5-11-19(15)23;1-2/h1-13H;1-2H3. The number of hydrogen-bond acceptors (Lipinski definition) is 1. The normalized spacial score (nSPS) is 14.0. The van der Waals surface area contributed by atoms with E-state index in [1.807, 2.05) is 25.3 Å². The predicted octanol–water partition coefficient (Wildman–Crippen LogP) is 7.26. The van der Waals surface area contributed by atoms with Gasteiger partial charge in [-0.2, -0.15) is 4.39 Å². The van der Waals surface area contributed by atoms with Crippen LogP contribution in [-0.2, 0) is 5.41 Å². The van der Waals surface area contributed by atoms with Gasteiger partial charge in [0.1, 0.15) is 0 Å². The molecule has 1 heterocycles. The largest absolute Gasteiger partial charge is 0.195 e. The molecule has 2 heteroatoms. The van der Waals surface area contributed by atoms with Crippen LogP contribution < -0.4 is 0 Å². The molecule has 0 atom stereocenters. The molecule has 1 spiro atoms. The summed E-state index contributed by atoms with van der Waals surface area (Å²) in [5.41, 5.74) is 8.52. The maximum Gasteiger partial charge on any atom is 0.181 e. The van der Waals surface area contributed by atoms with Gasteiger partial charge in [-0.15, -0.1) is 11.3 Å². The van der Waals surface area contributed by atoms with Gasteiger partial charge in [-0.1, -0.05) is 86.6 Å². The first-order chi connectivity index (χ1) is 13.3. The highest BCUT2D eigenvalue weighted by molar-refractivity contribution is 7.08. The van der Waals surface area contributed by atoms with Crippen molar-refractivity contribution in [3.05, 3.63) is 106 Å². The van der Waals surface area contributed by atoms with Crippen molar-refractivity contribution >= 4 is 11.3 Å². The second-order valence-corrected chi connectivity index (χ2v) is 7.51. The van der Waals surface area contributed by atoms with Gasteiger partial charge in [0.15, 0.2) is 5.13 Å². The molecule has 0 bridgehead atoms. The Balaban J connectivity index is 0.000000777. The molecule has 0 unspecified atom stereocenters. The fourth-order valence-corrected chi connectivity index (χ4v) is 5.70. The van der Waals surface area contributed by atoms with Gasteiger partial charge in [0.25, 0.3) is 0 Å². The van der Waals surface area contributed by atoms with Crippen molar-refractivity contribution in [2.24, 2.45) is 0 Å². The van der Waals surface area contributed by atoms with Crippen molar-refractivity contribution in [2.75, 3.05) is 0 Å². The zero-order chi connectivity index (χ0) is 18.6. The van der Waals surface area contributed by atoms with E-state index in [9.17, 15) is 0 Å². The summed E-state index contributed by atoms with van der Waals surface area (Å²) in [7, 11) is 0. The van der Waals surface area contributed by atoms with Crippen LogP contribution in [0.1, 0.15) is 36.1 Å². The van der Waals surface area contributed by atoms with Crippen LogP contribution in [0, 0.1) is 5.13 Å². The smallest absolute Gasteiger partial charge is 0.181 e. The summed E-state index contributed by atoms with van der Waals surface area (Å²) in [6.07, 6.45) is 0. The third kappa shape index (κ3) is 1.86. The van der Waals surface area contributed by atoms with E-state index in [0.717, 1.165) is 16.7 Å². The van der Waals surface area contributed by atoms with Crippen molar-refractivity contribution < 1.29 is 4.39 Å². The summed E-state index contributed by atoms with van der Waals surface area (Å²) in [6.45, 7) is 4.00. The highest BCUT2D eigenvalue weighted by Crippen LogP contribution is 2.63. The van der Waals surface area contributed by atoms with E-state index < -0.39 is 5.41 Å². The first kappa shape index (κ1) is 16.5. The molecule has 0 saturated heterocycles. The molecule has 0 N–H and O–H groups in total. The van der Waals surface area contributed by atoms with E-state index in [-0.39, 0.29) is 5.13 Å². The molecule has 1 aromatic heterocycles. The lowest BCUT2D eigenvalue weighted by molar-refractivity contribution is 0.618. The van der Waals surface area contributed by atoms with Gasteiger partial charge in [-0.25, -0.2) is 0 Å². The minimum Gasteiger partial charge on any atom is -0.195 e. The summed E-state index contributed by atoms with van der Waals surface area (Å²) in [5, 5.41) is 1.90. The van der Waals surface area contributed by atoms with Crippen LogP contribution in [0.15, 0.2) is 78.2 Å². The van der Waals surface area contributed by atoms with Gasteiger partial charge < -0.3 is 0 Å². The van der Waals surface area contributed by atoms with Gasteiger partial charge in [0, 0.05) is 16.5 Å². The van der Waals surface area contributed by atoms with Crippen molar-refractivity contribution in [1.29, 1.82) is 0 Å². The molecular formula is C25H19FS. The lowest BCUT2D eigenvalue weighted by atomic mass is 9.71. The Bertz CT molecular complexity index is 1120. The van der Waals surface area contributed by atoms with E-state index in [2.05, 4.69) is 66.7 Å². The molecule has 0 nitrogen and oxygen atoms in total. The van der Waals surface area contributed by atoms with Gasteiger partial charge in [0.2, 0.25) is 0 Å². The predicted molar refractivity (Wildman–Crippen MR) is 112 cm³/mol. The molecule has 0 aliphatic heterocycles. The topological polar surface area (TPSA) is 0 Å². The summed E-state index contributed by atoms with van der Waals surface area (Å²) in [6, 6.07) is 25.3. The van der Waals surface area contributed by atoms with Crippen molar-refractivity contribution in [3.63, 3.8) is 0 Å². The minimum atomic E-state index is -0.525. The van der Waals surface area contributed by atoms with E-state index in [0.29, 0.717) is 0 Å². The Hall–Kier alpha value is -2.71. The SMILES string of the molecule is CC.Fc1scc2c1C1(c3ccccc3-c3ccccc31)c1ccccc1-2. The number of hydrogen-bond donors (Lipinski definition) is 0. The third-order valence-electron chi connectivity index (χ3n) is 5.69. The lowest BCUT2D eigenvalue weighted by Crippen LogP contribution is -2.26. The van der Waals surface area contributed by atoms with Gasteiger partial charge in [-0.05, 0) is 33.4 Å². The minimum absolute atomic E-state index is 0.0716. The Kier molecular flexibility index (Phi) is 3.60. The molecule has 0 radical (unpaired) electrons. The quantitative estimate of drug-likeness (QED) is 0.264. The van der Waals surface area contributed by atoms with Crippen LogP contribution in [0.5, 0.6) is 0 Å². The molecule has 0 amide bonds. The molecule has 6 rings (SSSR count). The Labute approximate surface area is 162 Å². The first-order valence-electron chi connectivity index (χ1n) is 9.40. The summed E-state index contributed by atoms with van der Waals surface area (Å²) in [4.78, 5) is 0. The fourth-order valence-electron chi connectivity index (χ4n) is 4.86. The molecule has 2 aliphatic rings. The number of thiophene rings is 1. The number of fused-ring (bicyclic) bond motifs is 10. The highest BCUT2D eigenvalue weighted by Gasteiger charge is 2.53. The average Bonchev–Trinajstić information content (AvgIpc) is 3.36. The summed E-state index contributed by atoms with van der Waals surface area (Å²) < 4.78 is 15.1. The third-order valence-corrected chi connectivity index (χ3v) is 6.46. The molecular weight excluding hydrogens is 351 g/mol. The molecule has 132 valence electrons. The van der Waals surface area contributed by atoms with Crippen LogP contribution in [0.3, 0.4) is 0 Å². The number of benzene rings is 3. The molecule has 0 saturated carbocycles. The van der Waals surface area contributed by atoms with Gasteiger partial charge in [-0.3, -0.25) is 0 Å². The van der Waals surface area contributed by atoms with Crippen LogP contribution in [-0.4, -0.2) is 0 Å². The summed E-state index contributed by atoms with van der Waals surface area (Å²) >= 11 is 1.21.